The molecule has 0 aliphatic heterocycles. The second-order valence-corrected chi connectivity index (χ2v) is 8.49. The molecule has 0 fully saturated rings. The van der Waals surface area contributed by atoms with E-state index in [4.69, 9.17) is 14.6 Å². The van der Waals surface area contributed by atoms with Crippen LogP contribution in [0.3, 0.4) is 0 Å². The molecule has 0 aliphatic carbocycles. The second kappa shape index (κ2) is 12.1. The van der Waals surface area contributed by atoms with Gasteiger partial charge in [-0.1, -0.05) is 0 Å². The van der Waals surface area contributed by atoms with Crippen LogP contribution in [-0.4, -0.2) is 71.5 Å². The van der Waals surface area contributed by atoms with Crippen molar-refractivity contribution in [3.63, 3.8) is 0 Å². The summed E-state index contributed by atoms with van der Waals surface area (Å²) < 4.78 is 10.3. The standard InChI is InChI=1S/C19H35N3O7/c1-18(2,3)28-16(26)20-10-7-12-22(14(23)8-9-15(24)25)13-11-21-17(27)29-19(4,5)6/h7-13H2,1-6H3,(H,20,26)(H,21,27)(H,24,25). The third-order valence-electron chi connectivity index (χ3n) is 3.23. The first-order valence-corrected chi connectivity index (χ1v) is 9.63. The maximum absolute atomic E-state index is 12.3. The molecule has 3 amide bonds. The molecule has 0 heterocycles. The fourth-order valence-electron chi connectivity index (χ4n) is 2.11. The highest BCUT2D eigenvalue weighted by Gasteiger charge is 2.19. The van der Waals surface area contributed by atoms with E-state index in [-0.39, 0.29) is 38.4 Å². The number of nitrogens with one attached hydrogen (secondary N) is 2. The van der Waals surface area contributed by atoms with E-state index in [9.17, 15) is 19.2 Å². The number of aliphatic carboxylic acids is 1. The van der Waals surface area contributed by atoms with Crippen molar-refractivity contribution in [1.29, 1.82) is 0 Å². The van der Waals surface area contributed by atoms with Crippen LogP contribution >= 0.6 is 0 Å². The number of hydrogen-bond acceptors (Lipinski definition) is 6. The quantitative estimate of drug-likeness (QED) is 0.463. The highest BCUT2D eigenvalue weighted by Crippen LogP contribution is 2.07. The minimum Gasteiger partial charge on any atom is -0.481 e. The summed E-state index contributed by atoms with van der Waals surface area (Å²) in [5.74, 6) is -1.40. The second-order valence-electron chi connectivity index (χ2n) is 8.49. The number of carboxylic acids is 1. The Labute approximate surface area is 172 Å². The minimum atomic E-state index is -1.06. The van der Waals surface area contributed by atoms with Gasteiger partial charge in [0.05, 0.1) is 6.42 Å². The molecule has 0 spiro atoms. The Kier molecular flexibility index (Phi) is 11.1. The Hall–Kier alpha value is -2.52. The summed E-state index contributed by atoms with van der Waals surface area (Å²) in [6.45, 7) is 11.4. The Morgan fingerprint density at radius 2 is 1.28 bits per heavy atom. The van der Waals surface area contributed by atoms with Crippen molar-refractivity contribution in [2.75, 3.05) is 26.2 Å². The van der Waals surface area contributed by atoms with E-state index in [1.54, 1.807) is 41.5 Å². The van der Waals surface area contributed by atoms with Gasteiger partial charge in [-0.15, -0.1) is 0 Å². The smallest absolute Gasteiger partial charge is 0.407 e. The minimum absolute atomic E-state index is 0.138. The molecule has 29 heavy (non-hydrogen) atoms. The van der Waals surface area contributed by atoms with Crippen molar-refractivity contribution in [3.8, 4) is 0 Å². The summed E-state index contributed by atoms with van der Waals surface area (Å²) in [6, 6.07) is 0. The summed E-state index contributed by atoms with van der Waals surface area (Å²) in [7, 11) is 0. The van der Waals surface area contributed by atoms with E-state index in [2.05, 4.69) is 10.6 Å². The monoisotopic (exact) mass is 417 g/mol. The molecule has 0 bridgehead atoms. The molecule has 0 radical (unpaired) electrons. The average Bonchev–Trinajstić information content (AvgIpc) is 2.51. The van der Waals surface area contributed by atoms with Gasteiger partial charge in [0.2, 0.25) is 5.91 Å². The summed E-state index contributed by atoms with van der Waals surface area (Å²) in [5, 5.41) is 13.9. The fourth-order valence-corrected chi connectivity index (χ4v) is 2.11. The van der Waals surface area contributed by atoms with Crippen molar-refractivity contribution >= 4 is 24.1 Å². The van der Waals surface area contributed by atoms with Gasteiger partial charge in [0.25, 0.3) is 0 Å². The molecule has 0 aromatic carbocycles. The number of nitrogens with zero attached hydrogens (tertiary/aromatic N) is 1. The summed E-state index contributed by atoms with van der Waals surface area (Å²) in [4.78, 5) is 47.8. The van der Waals surface area contributed by atoms with Gasteiger partial charge in [-0.25, -0.2) is 9.59 Å². The van der Waals surface area contributed by atoms with Gasteiger partial charge < -0.3 is 30.1 Å². The lowest BCUT2D eigenvalue weighted by Gasteiger charge is -2.24. The molecule has 0 aromatic heterocycles. The van der Waals surface area contributed by atoms with Crippen LogP contribution < -0.4 is 10.6 Å². The molecule has 0 unspecified atom stereocenters. The molecule has 0 atom stereocenters. The van der Waals surface area contributed by atoms with E-state index in [1.165, 1.54) is 4.90 Å². The normalized spacial score (nSPS) is 11.4. The molecular weight excluding hydrogens is 382 g/mol. The van der Waals surface area contributed by atoms with Gasteiger partial charge >= 0.3 is 18.2 Å². The number of alkyl carbamates (subject to hydrolysis) is 2. The zero-order chi connectivity index (χ0) is 22.7. The van der Waals surface area contributed by atoms with Gasteiger partial charge in [0, 0.05) is 32.6 Å². The molecule has 0 saturated heterocycles. The Morgan fingerprint density at radius 3 is 1.72 bits per heavy atom. The van der Waals surface area contributed by atoms with Crippen molar-refractivity contribution in [2.24, 2.45) is 0 Å². The third-order valence-corrected chi connectivity index (χ3v) is 3.23. The topological polar surface area (TPSA) is 134 Å². The molecule has 10 heteroatoms. The van der Waals surface area contributed by atoms with Gasteiger partial charge in [-0.2, -0.15) is 0 Å². The van der Waals surface area contributed by atoms with Crippen molar-refractivity contribution < 1.29 is 33.8 Å². The lowest BCUT2D eigenvalue weighted by atomic mass is 10.2. The highest BCUT2D eigenvalue weighted by atomic mass is 16.6. The summed E-state index contributed by atoms with van der Waals surface area (Å²) >= 11 is 0. The maximum atomic E-state index is 12.3. The Morgan fingerprint density at radius 1 is 0.793 bits per heavy atom. The van der Waals surface area contributed by atoms with Gasteiger partial charge in [-0.05, 0) is 48.0 Å². The molecule has 0 aromatic rings. The number of amides is 3. The molecular formula is C19H35N3O7. The van der Waals surface area contributed by atoms with E-state index in [0.29, 0.717) is 13.0 Å². The number of rotatable bonds is 10. The van der Waals surface area contributed by atoms with Crippen LogP contribution in [0.25, 0.3) is 0 Å². The molecule has 0 saturated carbocycles. The van der Waals surface area contributed by atoms with Crippen LogP contribution in [0.4, 0.5) is 9.59 Å². The summed E-state index contributed by atoms with van der Waals surface area (Å²) in [6.07, 6.45) is -1.11. The maximum Gasteiger partial charge on any atom is 0.407 e. The zero-order valence-corrected chi connectivity index (χ0v) is 18.3. The molecule has 0 aliphatic rings. The Bertz CT molecular complexity index is 565. The highest BCUT2D eigenvalue weighted by molar-refractivity contribution is 5.80. The van der Waals surface area contributed by atoms with Crippen LogP contribution in [0.5, 0.6) is 0 Å². The number of carbonyl (C=O) groups is 4. The van der Waals surface area contributed by atoms with Crippen molar-refractivity contribution in [2.45, 2.75) is 72.0 Å². The van der Waals surface area contributed by atoms with E-state index >= 15 is 0 Å². The lowest BCUT2D eigenvalue weighted by molar-refractivity contribution is -0.140. The van der Waals surface area contributed by atoms with Crippen molar-refractivity contribution in [1.82, 2.24) is 15.5 Å². The van der Waals surface area contributed by atoms with Crippen LogP contribution in [-0.2, 0) is 19.1 Å². The van der Waals surface area contributed by atoms with Crippen LogP contribution in [0, 0.1) is 0 Å². The summed E-state index contributed by atoms with van der Waals surface area (Å²) in [5.41, 5.74) is -1.23. The van der Waals surface area contributed by atoms with Crippen LogP contribution in [0.2, 0.25) is 0 Å². The van der Waals surface area contributed by atoms with Gasteiger partial charge in [0.15, 0.2) is 0 Å². The van der Waals surface area contributed by atoms with E-state index < -0.39 is 29.4 Å². The van der Waals surface area contributed by atoms with Gasteiger partial charge in [-0.3, -0.25) is 9.59 Å². The van der Waals surface area contributed by atoms with E-state index in [1.807, 2.05) is 0 Å². The first kappa shape index (κ1) is 26.5. The number of ether oxygens (including phenoxy) is 2. The van der Waals surface area contributed by atoms with Gasteiger partial charge in [0.1, 0.15) is 11.2 Å². The average molecular weight is 418 g/mol. The van der Waals surface area contributed by atoms with Crippen LogP contribution in [0.1, 0.15) is 60.8 Å². The zero-order valence-electron chi connectivity index (χ0n) is 18.3. The number of hydrogen-bond donors (Lipinski definition) is 3. The molecule has 3 N–H and O–H groups in total. The third kappa shape index (κ3) is 16.2. The first-order valence-electron chi connectivity index (χ1n) is 9.63. The predicted molar refractivity (Wildman–Crippen MR) is 107 cm³/mol. The number of carboxylic acid groups (broad SMARTS) is 1. The van der Waals surface area contributed by atoms with Crippen LogP contribution in [0.15, 0.2) is 0 Å². The molecule has 0 rings (SSSR count). The largest absolute Gasteiger partial charge is 0.481 e. The SMILES string of the molecule is CC(C)(C)OC(=O)NCCCN(CCNC(=O)OC(C)(C)C)C(=O)CCC(=O)O. The first-order chi connectivity index (χ1) is 13.2. The lowest BCUT2D eigenvalue weighted by Crippen LogP contribution is -2.41. The Balaban J connectivity index is 4.50. The van der Waals surface area contributed by atoms with Crippen molar-refractivity contribution in [3.05, 3.63) is 0 Å². The number of carbonyl (C=O) groups excluding carboxylic acids is 3. The fraction of sp³-hybridized carbons (Fsp3) is 0.789. The predicted octanol–water partition coefficient (Wildman–Crippen LogP) is 2.12. The van der Waals surface area contributed by atoms with E-state index in [0.717, 1.165) is 0 Å². The molecule has 10 nitrogen and oxygen atoms in total. The molecule has 168 valence electrons.